The van der Waals surface area contributed by atoms with Gasteiger partial charge in [0.2, 0.25) is 15.9 Å². The van der Waals surface area contributed by atoms with Crippen molar-refractivity contribution in [3.05, 3.63) is 35.9 Å². The molecular formula is C17H25N3O3S. The van der Waals surface area contributed by atoms with E-state index in [0.29, 0.717) is 26.2 Å². The van der Waals surface area contributed by atoms with Crippen molar-refractivity contribution in [3.8, 4) is 0 Å². The summed E-state index contributed by atoms with van der Waals surface area (Å²) in [4.78, 5) is 14.4. The summed E-state index contributed by atoms with van der Waals surface area (Å²) in [6, 6.07) is 9.23. The fraction of sp³-hybridized carbons (Fsp3) is 0.588. The lowest BCUT2D eigenvalue weighted by Crippen LogP contribution is -2.52. The van der Waals surface area contributed by atoms with Gasteiger partial charge in [0.15, 0.2) is 0 Å². The Morgan fingerprint density at radius 3 is 2.29 bits per heavy atom. The summed E-state index contributed by atoms with van der Waals surface area (Å²) in [6.07, 6.45) is 1.76. The van der Waals surface area contributed by atoms with E-state index in [9.17, 15) is 13.2 Å². The zero-order chi connectivity index (χ0) is 17.0. The largest absolute Gasteiger partial charge is 0.340 e. The van der Waals surface area contributed by atoms with E-state index in [-0.39, 0.29) is 17.6 Å². The van der Waals surface area contributed by atoms with Crippen molar-refractivity contribution in [1.82, 2.24) is 14.5 Å². The molecule has 0 spiro atoms. The maximum Gasteiger partial charge on any atom is 0.225 e. The standard InChI is InChI=1S/C17H25N3O3S/c21-17(16-6-8-18-9-7-16)19-10-12-20(13-11-19)24(22,23)14-15-4-2-1-3-5-15/h1-5,16,18H,6-14H2. The first kappa shape index (κ1) is 17.4. The number of nitrogens with zero attached hydrogens (tertiary/aromatic N) is 2. The highest BCUT2D eigenvalue weighted by Crippen LogP contribution is 2.18. The number of sulfonamides is 1. The number of piperazine rings is 1. The molecule has 1 aromatic carbocycles. The van der Waals surface area contributed by atoms with Crippen LogP contribution < -0.4 is 5.32 Å². The van der Waals surface area contributed by atoms with Crippen molar-refractivity contribution in [3.63, 3.8) is 0 Å². The van der Waals surface area contributed by atoms with Gasteiger partial charge in [-0.05, 0) is 31.5 Å². The van der Waals surface area contributed by atoms with Crippen LogP contribution in [-0.2, 0) is 20.6 Å². The summed E-state index contributed by atoms with van der Waals surface area (Å²) in [7, 11) is -3.33. The van der Waals surface area contributed by atoms with Gasteiger partial charge >= 0.3 is 0 Å². The zero-order valence-electron chi connectivity index (χ0n) is 13.9. The molecule has 0 aromatic heterocycles. The van der Waals surface area contributed by atoms with E-state index in [0.717, 1.165) is 31.5 Å². The van der Waals surface area contributed by atoms with Gasteiger partial charge in [0.05, 0.1) is 5.75 Å². The number of rotatable bonds is 4. The Morgan fingerprint density at radius 2 is 1.67 bits per heavy atom. The molecular weight excluding hydrogens is 326 g/mol. The minimum absolute atomic E-state index is 0.0239. The Hall–Kier alpha value is -1.44. The Bertz CT molecular complexity index is 649. The van der Waals surface area contributed by atoms with Crippen LogP contribution in [0.2, 0.25) is 0 Å². The summed E-state index contributed by atoms with van der Waals surface area (Å²) in [6.45, 7) is 3.56. The number of amides is 1. The van der Waals surface area contributed by atoms with Gasteiger partial charge in [-0.1, -0.05) is 30.3 Å². The molecule has 2 aliphatic heterocycles. The number of hydrogen-bond donors (Lipinski definition) is 1. The molecule has 3 rings (SSSR count). The van der Waals surface area contributed by atoms with E-state index in [1.807, 2.05) is 35.2 Å². The molecule has 24 heavy (non-hydrogen) atoms. The molecule has 2 fully saturated rings. The molecule has 1 amide bonds. The number of benzene rings is 1. The van der Waals surface area contributed by atoms with E-state index < -0.39 is 10.0 Å². The molecule has 1 N–H and O–H groups in total. The number of piperidine rings is 1. The van der Waals surface area contributed by atoms with E-state index in [1.165, 1.54) is 4.31 Å². The van der Waals surface area contributed by atoms with Gasteiger partial charge in [0.25, 0.3) is 0 Å². The second kappa shape index (κ2) is 7.63. The molecule has 1 aromatic rings. The number of hydrogen-bond acceptors (Lipinski definition) is 4. The second-order valence-corrected chi connectivity index (χ2v) is 8.46. The van der Waals surface area contributed by atoms with Crippen molar-refractivity contribution >= 4 is 15.9 Å². The van der Waals surface area contributed by atoms with Crippen molar-refractivity contribution in [2.45, 2.75) is 18.6 Å². The van der Waals surface area contributed by atoms with Crippen LogP contribution in [0.5, 0.6) is 0 Å². The third kappa shape index (κ3) is 4.15. The predicted molar refractivity (Wildman–Crippen MR) is 92.8 cm³/mol. The van der Waals surface area contributed by atoms with Gasteiger partial charge in [-0.3, -0.25) is 4.79 Å². The van der Waals surface area contributed by atoms with E-state index in [1.54, 1.807) is 0 Å². The molecule has 0 unspecified atom stereocenters. The van der Waals surface area contributed by atoms with Crippen molar-refractivity contribution in [2.24, 2.45) is 5.92 Å². The SMILES string of the molecule is O=C(C1CCNCC1)N1CCN(S(=O)(=O)Cc2ccccc2)CC1. The summed E-state index contributed by atoms with van der Waals surface area (Å²) < 4.78 is 26.6. The Morgan fingerprint density at radius 1 is 1.04 bits per heavy atom. The van der Waals surface area contributed by atoms with Crippen LogP contribution in [0.25, 0.3) is 0 Å². The molecule has 2 heterocycles. The van der Waals surface area contributed by atoms with Gasteiger partial charge in [-0.25, -0.2) is 8.42 Å². The molecule has 0 aliphatic carbocycles. The van der Waals surface area contributed by atoms with Gasteiger partial charge < -0.3 is 10.2 Å². The highest BCUT2D eigenvalue weighted by atomic mass is 32.2. The molecule has 2 saturated heterocycles. The first-order valence-corrected chi connectivity index (χ1v) is 10.2. The molecule has 0 radical (unpaired) electrons. The normalized spacial score (nSPS) is 20.9. The second-order valence-electron chi connectivity index (χ2n) is 6.49. The van der Waals surface area contributed by atoms with Gasteiger partial charge in [0.1, 0.15) is 0 Å². The predicted octanol–water partition coefficient (Wildman–Crippen LogP) is 0.660. The van der Waals surface area contributed by atoms with E-state index >= 15 is 0 Å². The fourth-order valence-electron chi connectivity index (χ4n) is 3.39. The molecule has 7 heteroatoms. The summed E-state index contributed by atoms with van der Waals surface area (Å²) in [5.41, 5.74) is 0.797. The Kier molecular flexibility index (Phi) is 5.53. The van der Waals surface area contributed by atoms with Crippen LogP contribution in [0.4, 0.5) is 0 Å². The lowest BCUT2D eigenvalue weighted by molar-refractivity contribution is -0.137. The third-order valence-corrected chi connectivity index (χ3v) is 6.67. The van der Waals surface area contributed by atoms with Gasteiger partial charge in [-0.15, -0.1) is 0 Å². The van der Waals surface area contributed by atoms with E-state index in [4.69, 9.17) is 0 Å². The quantitative estimate of drug-likeness (QED) is 0.865. The molecule has 132 valence electrons. The highest BCUT2D eigenvalue weighted by molar-refractivity contribution is 7.88. The van der Waals surface area contributed by atoms with Crippen LogP contribution in [0.1, 0.15) is 18.4 Å². The molecule has 2 aliphatic rings. The molecule has 0 saturated carbocycles. The number of carbonyl (C=O) groups excluding carboxylic acids is 1. The summed E-state index contributed by atoms with van der Waals surface area (Å²) in [5.74, 6) is 0.311. The maximum atomic E-state index is 12.5. The monoisotopic (exact) mass is 351 g/mol. The lowest BCUT2D eigenvalue weighted by atomic mass is 9.96. The lowest BCUT2D eigenvalue weighted by Gasteiger charge is -2.36. The number of carbonyl (C=O) groups is 1. The maximum absolute atomic E-state index is 12.5. The highest BCUT2D eigenvalue weighted by Gasteiger charge is 2.32. The molecule has 0 bridgehead atoms. The van der Waals surface area contributed by atoms with E-state index in [2.05, 4.69) is 5.32 Å². The number of nitrogens with one attached hydrogen (secondary N) is 1. The summed E-state index contributed by atoms with van der Waals surface area (Å²) >= 11 is 0. The van der Waals surface area contributed by atoms with Crippen molar-refractivity contribution in [2.75, 3.05) is 39.3 Å². The van der Waals surface area contributed by atoms with Crippen LogP contribution in [0.15, 0.2) is 30.3 Å². The third-order valence-electron chi connectivity index (χ3n) is 4.82. The van der Waals surface area contributed by atoms with Gasteiger partial charge in [0, 0.05) is 32.1 Å². The summed E-state index contributed by atoms with van der Waals surface area (Å²) in [5, 5.41) is 3.26. The molecule has 0 atom stereocenters. The average Bonchev–Trinajstić information content (AvgIpc) is 2.62. The smallest absolute Gasteiger partial charge is 0.225 e. The van der Waals surface area contributed by atoms with Gasteiger partial charge in [-0.2, -0.15) is 4.31 Å². The Labute approximate surface area is 143 Å². The zero-order valence-corrected chi connectivity index (χ0v) is 14.7. The van der Waals surface area contributed by atoms with Crippen LogP contribution >= 0.6 is 0 Å². The minimum atomic E-state index is -3.33. The average molecular weight is 351 g/mol. The molecule has 6 nitrogen and oxygen atoms in total. The van der Waals surface area contributed by atoms with Crippen molar-refractivity contribution in [1.29, 1.82) is 0 Å². The Balaban J connectivity index is 1.55. The first-order chi connectivity index (χ1) is 11.6. The van der Waals surface area contributed by atoms with Crippen LogP contribution in [0.3, 0.4) is 0 Å². The topological polar surface area (TPSA) is 69.7 Å². The fourth-order valence-corrected chi connectivity index (χ4v) is 4.91. The van der Waals surface area contributed by atoms with Crippen molar-refractivity contribution < 1.29 is 13.2 Å². The first-order valence-electron chi connectivity index (χ1n) is 8.57. The minimum Gasteiger partial charge on any atom is -0.340 e. The van der Waals surface area contributed by atoms with Crippen LogP contribution in [0, 0.1) is 5.92 Å². The van der Waals surface area contributed by atoms with Crippen LogP contribution in [-0.4, -0.2) is 62.8 Å².